The van der Waals surface area contributed by atoms with Crippen LogP contribution in [-0.4, -0.2) is 9.13 Å². The highest BCUT2D eigenvalue weighted by Crippen LogP contribution is 2.44. The van der Waals surface area contributed by atoms with Crippen LogP contribution < -0.4 is 0 Å². The van der Waals surface area contributed by atoms with Crippen LogP contribution in [0.15, 0.2) is 103 Å². The molecule has 42 heavy (non-hydrogen) atoms. The van der Waals surface area contributed by atoms with E-state index in [2.05, 4.69) is 124 Å². The number of para-hydroxylation sites is 4. The minimum absolute atomic E-state index is 0.169. The van der Waals surface area contributed by atoms with E-state index in [1.54, 1.807) is 0 Å². The summed E-state index contributed by atoms with van der Waals surface area (Å²) >= 11 is 0. The van der Waals surface area contributed by atoms with Crippen molar-refractivity contribution in [2.45, 2.75) is 38.0 Å². The van der Waals surface area contributed by atoms with Crippen LogP contribution >= 0.6 is 0 Å². The van der Waals surface area contributed by atoms with Gasteiger partial charge in [-0.15, -0.1) is 0 Å². The van der Waals surface area contributed by atoms with Gasteiger partial charge in [0, 0.05) is 21.5 Å². The number of rotatable bonds is 3. The van der Waals surface area contributed by atoms with Gasteiger partial charge in [0.25, 0.3) is 0 Å². The van der Waals surface area contributed by atoms with E-state index >= 15 is 0 Å². The number of hydrogen-bond acceptors (Lipinski definition) is 2. The SMILES string of the molecule is N#Cc1c(-n2c3ccccc3c3ccccc32)cc(-n2c3ccccc3c3ccccc32)c(C#N)c1C1CCCCC1. The summed E-state index contributed by atoms with van der Waals surface area (Å²) in [4.78, 5) is 0. The van der Waals surface area contributed by atoms with Crippen LogP contribution in [0, 0.1) is 22.7 Å². The number of benzene rings is 5. The van der Waals surface area contributed by atoms with E-state index < -0.39 is 0 Å². The first-order chi connectivity index (χ1) is 20.8. The predicted octanol–water partition coefficient (Wildman–Crippen LogP) is 9.67. The molecular weight excluding hydrogens is 512 g/mol. The maximum atomic E-state index is 10.9. The largest absolute Gasteiger partial charge is 0.308 e. The molecule has 1 saturated carbocycles. The number of nitriles is 2. The second-order valence-corrected chi connectivity index (χ2v) is 11.4. The summed E-state index contributed by atoms with van der Waals surface area (Å²) in [7, 11) is 0. The average Bonchev–Trinajstić information content (AvgIpc) is 3.57. The van der Waals surface area contributed by atoms with Crippen LogP contribution in [0.1, 0.15) is 54.7 Å². The molecule has 0 aliphatic heterocycles. The Morgan fingerprint density at radius 2 is 0.857 bits per heavy atom. The summed E-state index contributed by atoms with van der Waals surface area (Å²) in [6.07, 6.45) is 5.42. The van der Waals surface area contributed by atoms with Crippen LogP contribution in [-0.2, 0) is 0 Å². The smallest absolute Gasteiger partial charge is 0.102 e. The fraction of sp³-hybridized carbons (Fsp3) is 0.158. The quantitative estimate of drug-likeness (QED) is 0.224. The van der Waals surface area contributed by atoms with Gasteiger partial charge in [0.15, 0.2) is 0 Å². The van der Waals surface area contributed by atoms with Gasteiger partial charge in [-0.2, -0.15) is 10.5 Å². The van der Waals surface area contributed by atoms with Gasteiger partial charge in [-0.25, -0.2) is 0 Å². The first-order valence-corrected chi connectivity index (χ1v) is 14.8. The lowest BCUT2D eigenvalue weighted by Gasteiger charge is -2.27. The molecule has 0 unspecified atom stereocenters. The van der Waals surface area contributed by atoms with Crippen molar-refractivity contribution < 1.29 is 0 Å². The highest BCUT2D eigenvalue weighted by molar-refractivity contribution is 6.11. The molecular formula is C38H28N4. The molecule has 0 bridgehead atoms. The molecule has 0 spiro atoms. The molecule has 2 aromatic heterocycles. The molecule has 0 saturated heterocycles. The Bertz CT molecular complexity index is 2000. The first kappa shape index (κ1) is 24.5. The third kappa shape index (κ3) is 3.46. The monoisotopic (exact) mass is 540 g/mol. The van der Waals surface area contributed by atoms with Crippen molar-refractivity contribution in [1.82, 2.24) is 9.13 Å². The Hall–Kier alpha value is -5.32. The molecule has 1 aliphatic rings. The van der Waals surface area contributed by atoms with Crippen molar-refractivity contribution in [3.63, 3.8) is 0 Å². The average molecular weight is 541 g/mol. The van der Waals surface area contributed by atoms with Crippen molar-refractivity contribution in [1.29, 1.82) is 10.5 Å². The molecule has 0 atom stereocenters. The van der Waals surface area contributed by atoms with Crippen LogP contribution in [0.2, 0.25) is 0 Å². The zero-order chi connectivity index (χ0) is 28.2. The van der Waals surface area contributed by atoms with E-state index in [9.17, 15) is 10.5 Å². The van der Waals surface area contributed by atoms with E-state index in [1.807, 2.05) is 0 Å². The normalized spacial score (nSPS) is 14.0. The van der Waals surface area contributed by atoms with E-state index in [-0.39, 0.29) is 5.92 Å². The lowest BCUT2D eigenvalue weighted by atomic mass is 9.79. The van der Waals surface area contributed by atoms with Crippen LogP contribution in [0.25, 0.3) is 55.0 Å². The van der Waals surface area contributed by atoms with Crippen LogP contribution in [0.4, 0.5) is 0 Å². The zero-order valence-corrected chi connectivity index (χ0v) is 23.2. The van der Waals surface area contributed by atoms with Crippen LogP contribution in [0.3, 0.4) is 0 Å². The number of hydrogen-bond donors (Lipinski definition) is 0. The van der Waals surface area contributed by atoms with Crippen molar-refractivity contribution in [3.8, 4) is 23.5 Å². The summed E-state index contributed by atoms with van der Waals surface area (Å²) in [5.41, 5.74) is 8.06. The van der Waals surface area contributed by atoms with E-state index in [1.165, 1.54) is 6.42 Å². The molecule has 5 aromatic carbocycles. The summed E-state index contributed by atoms with van der Waals surface area (Å²) in [6.45, 7) is 0. The Kier molecular flexibility index (Phi) is 5.62. The molecule has 0 N–H and O–H groups in total. The van der Waals surface area contributed by atoms with Crippen LogP contribution in [0.5, 0.6) is 0 Å². The van der Waals surface area contributed by atoms with Crippen molar-refractivity contribution in [2.75, 3.05) is 0 Å². The second kappa shape index (κ2) is 9.65. The highest BCUT2D eigenvalue weighted by Gasteiger charge is 2.29. The molecule has 1 fully saturated rings. The zero-order valence-electron chi connectivity index (χ0n) is 23.2. The molecule has 4 heteroatoms. The van der Waals surface area contributed by atoms with Gasteiger partial charge < -0.3 is 9.13 Å². The van der Waals surface area contributed by atoms with Gasteiger partial charge in [0.05, 0.1) is 44.6 Å². The molecule has 0 radical (unpaired) electrons. The number of nitrogens with zero attached hydrogens (tertiary/aromatic N) is 4. The van der Waals surface area contributed by atoms with E-state index in [4.69, 9.17) is 0 Å². The van der Waals surface area contributed by atoms with Gasteiger partial charge in [-0.05, 0) is 54.7 Å². The summed E-state index contributed by atoms with van der Waals surface area (Å²) < 4.78 is 4.49. The maximum Gasteiger partial charge on any atom is 0.102 e. The molecule has 8 rings (SSSR count). The molecule has 1 aliphatic carbocycles. The van der Waals surface area contributed by atoms with Gasteiger partial charge >= 0.3 is 0 Å². The molecule has 4 nitrogen and oxygen atoms in total. The number of aromatic nitrogens is 2. The topological polar surface area (TPSA) is 57.4 Å². The van der Waals surface area contributed by atoms with Gasteiger partial charge in [-0.3, -0.25) is 0 Å². The molecule has 0 amide bonds. The summed E-state index contributed by atoms with van der Waals surface area (Å²) in [5.74, 6) is 0.169. The minimum Gasteiger partial charge on any atom is -0.308 e. The van der Waals surface area contributed by atoms with Crippen molar-refractivity contribution in [2.24, 2.45) is 0 Å². The van der Waals surface area contributed by atoms with Gasteiger partial charge in [-0.1, -0.05) is 92.1 Å². The Balaban J connectivity index is 1.58. The first-order valence-electron chi connectivity index (χ1n) is 14.8. The highest BCUT2D eigenvalue weighted by atomic mass is 15.0. The lowest BCUT2D eigenvalue weighted by Crippen LogP contribution is -2.14. The molecule has 7 aromatic rings. The standard InChI is InChI=1S/C38H28N4/c39-23-30-36(41-32-18-8-4-14-26(32)27-15-5-9-19-33(27)41)22-37(31(24-40)38(30)25-12-2-1-3-13-25)42-34-20-10-6-16-28(34)29-17-7-11-21-35(29)42/h4-11,14-22,25H,1-3,12-13H2. The van der Waals surface area contributed by atoms with Gasteiger partial charge in [0.2, 0.25) is 0 Å². The maximum absolute atomic E-state index is 10.9. The number of fused-ring (bicyclic) bond motifs is 6. The van der Waals surface area contributed by atoms with Crippen molar-refractivity contribution >= 4 is 43.6 Å². The lowest BCUT2D eigenvalue weighted by molar-refractivity contribution is 0.442. The molecule has 2 heterocycles. The molecule has 200 valence electrons. The summed E-state index contributed by atoms with van der Waals surface area (Å²) in [6, 6.07) is 41.0. The fourth-order valence-electron chi connectivity index (χ4n) is 7.43. The summed E-state index contributed by atoms with van der Waals surface area (Å²) in [5, 5.41) is 26.4. The fourth-order valence-corrected chi connectivity index (χ4v) is 7.43. The predicted molar refractivity (Wildman–Crippen MR) is 170 cm³/mol. The van der Waals surface area contributed by atoms with E-state index in [0.717, 1.165) is 86.2 Å². The minimum atomic E-state index is 0.169. The van der Waals surface area contributed by atoms with Gasteiger partial charge in [0.1, 0.15) is 12.1 Å². The Labute approximate surface area is 244 Å². The Morgan fingerprint density at radius 3 is 1.21 bits per heavy atom. The third-order valence-corrected chi connectivity index (χ3v) is 9.20. The second-order valence-electron chi connectivity index (χ2n) is 11.4. The third-order valence-electron chi connectivity index (χ3n) is 9.20. The van der Waals surface area contributed by atoms with Crippen molar-refractivity contribution in [3.05, 3.63) is 120 Å². The van der Waals surface area contributed by atoms with E-state index in [0.29, 0.717) is 11.1 Å². The Morgan fingerprint density at radius 1 is 0.500 bits per heavy atom.